The molecule has 3 N–H and O–H groups in total. The number of hydrazine groups is 1. The molecule has 0 aromatic heterocycles. The molecule has 0 saturated heterocycles. The van der Waals surface area contributed by atoms with E-state index in [1.807, 2.05) is 6.92 Å². The Morgan fingerprint density at radius 2 is 1.77 bits per heavy atom. The molecule has 0 spiro atoms. The molecule has 0 aliphatic heterocycles. The van der Waals surface area contributed by atoms with Crippen molar-refractivity contribution < 1.29 is 19.1 Å². The van der Waals surface area contributed by atoms with Crippen molar-refractivity contribution in [1.29, 1.82) is 0 Å². The number of hydrogen-bond acceptors (Lipinski definition) is 4. The summed E-state index contributed by atoms with van der Waals surface area (Å²) in [6.45, 7) is 2.54. The number of unbranched alkanes of at least 4 members (excludes halogenated alkanes) is 1. The van der Waals surface area contributed by atoms with Gasteiger partial charge in [0.1, 0.15) is 5.75 Å². The third-order valence-corrected chi connectivity index (χ3v) is 4.81. The van der Waals surface area contributed by atoms with Gasteiger partial charge in [0.25, 0.3) is 5.91 Å². The molecule has 0 aliphatic rings. The van der Waals surface area contributed by atoms with Crippen LogP contribution in [0.1, 0.15) is 43.0 Å². The van der Waals surface area contributed by atoms with Gasteiger partial charge in [-0.15, -0.1) is 0 Å². The normalized spacial score (nSPS) is 10.2. The summed E-state index contributed by atoms with van der Waals surface area (Å²) in [5.41, 5.74) is 5.42. The SMILES string of the molecule is CCCCOc1ccc(Br)cc1C(=O)NNC(=O)CCC(=O)Nc1ccccc1Cl. The van der Waals surface area contributed by atoms with Gasteiger partial charge in [-0.05, 0) is 36.8 Å². The molecule has 2 aromatic rings. The molecule has 30 heavy (non-hydrogen) atoms. The molecule has 0 bridgehead atoms. The molecule has 0 heterocycles. The highest BCUT2D eigenvalue weighted by Crippen LogP contribution is 2.23. The van der Waals surface area contributed by atoms with E-state index in [4.69, 9.17) is 16.3 Å². The number of nitrogens with one attached hydrogen (secondary N) is 3. The predicted molar refractivity (Wildman–Crippen MR) is 119 cm³/mol. The quantitative estimate of drug-likeness (QED) is 0.353. The Kier molecular flexibility index (Phi) is 9.63. The lowest BCUT2D eigenvalue weighted by Crippen LogP contribution is -2.42. The van der Waals surface area contributed by atoms with E-state index in [1.54, 1.807) is 42.5 Å². The van der Waals surface area contributed by atoms with Crippen molar-refractivity contribution in [3.63, 3.8) is 0 Å². The van der Waals surface area contributed by atoms with E-state index in [0.717, 1.165) is 12.8 Å². The zero-order valence-corrected chi connectivity index (χ0v) is 18.8. The van der Waals surface area contributed by atoms with Crippen LogP contribution >= 0.6 is 27.5 Å². The Bertz CT molecular complexity index is 908. The van der Waals surface area contributed by atoms with Crippen molar-refractivity contribution in [2.75, 3.05) is 11.9 Å². The molecule has 0 atom stereocenters. The lowest BCUT2D eigenvalue weighted by molar-refractivity contribution is -0.124. The molecule has 0 radical (unpaired) electrons. The molecule has 2 aromatic carbocycles. The molecule has 3 amide bonds. The van der Waals surface area contributed by atoms with Crippen LogP contribution in [-0.2, 0) is 9.59 Å². The minimum absolute atomic E-state index is 0.0603. The summed E-state index contributed by atoms with van der Waals surface area (Å²) < 4.78 is 6.35. The Morgan fingerprint density at radius 1 is 1.03 bits per heavy atom. The van der Waals surface area contributed by atoms with E-state index < -0.39 is 11.8 Å². The zero-order chi connectivity index (χ0) is 21.9. The van der Waals surface area contributed by atoms with Crippen molar-refractivity contribution in [3.05, 3.63) is 57.5 Å². The fraction of sp³-hybridized carbons (Fsp3) is 0.286. The third-order valence-electron chi connectivity index (χ3n) is 3.98. The van der Waals surface area contributed by atoms with E-state index in [0.29, 0.717) is 27.5 Å². The number of rotatable bonds is 9. The number of hydrogen-bond donors (Lipinski definition) is 3. The van der Waals surface area contributed by atoms with Crippen LogP contribution < -0.4 is 20.9 Å². The summed E-state index contributed by atoms with van der Waals surface area (Å²) >= 11 is 9.31. The van der Waals surface area contributed by atoms with Gasteiger partial charge < -0.3 is 10.1 Å². The molecule has 7 nitrogen and oxygen atoms in total. The third kappa shape index (κ3) is 7.68. The number of ether oxygens (including phenoxy) is 1. The first-order valence-electron chi connectivity index (χ1n) is 9.46. The predicted octanol–water partition coefficient (Wildman–Crippen LogP) is 4.46. The van der Waals surface area contributed by atoms with Crippen molar-refractivity contribution in [2.24, 2.45) is 0 Å². The van der Waals surface area contributed by atoms with Gasteiger partial charge in [-0.25, -0.2) is 0 Å². The Labute approximate surface area is 188 Å². The summed E-state index contributed by atoms with van der Waals surface area (Å²) in [5, 5.41) is 3.05. The highest BCUT2D eigenvalue weighted by molar-refractivity contribution is 9.10. The fourth-order valence-corrected chi connectivity index (χ4v) is 2.93. The van der Waals surface area contributed by atoms with Crippen LogP contribution in [0.3, 0.4) is 0 Å². The summed E-state index contributed by atoms with van der Waals surface area (Å²) in [6.07, 6.45) is 1.67. The van der Waals surface area contributed by atoms with E-state index in [2.05, 4.69) is 32.1 Å². The van der Waals surface area contributed by atoms with E-state index >= 15 is 0 Å². The molecule has 0 fully saturated rings. The van der Waals surface area contributed by atoms with Crippen LogP contribution in [0, 0.1) is 0 Å². The topological polar surface area (TPSA) is 96.5 Å². The summed E-state index contributed by atoms with van der Waals surface area (Å²) in [4.78, 5) is 36.4. The van der Waals surface area contributed by atoms with Crippen molar-refractivity contribution >= 4 is 50.9 Å². The van der Waals surface area contributed by atoms with Crippen LogP contribution in [-0.4, -0.2) is 24.3 Å². The van der Waals surface area contributed by atoms with E-state index in [1.165, 1.54) is 0 Å². The molecule has 2 rings (SSSR count). The first-order chi connectivity index (χ1) is 14.4. The number of benzene rings is 2. The van der Waals surface area contributed by atoms with Crippen LogP contribution in [0.5, 0.6) is 5.75 Å². The van der Waals surface area contributed by atoms with Crippen LogP contribution in [0.4, 0.5) is 5.69 Å². The van der Waals surface area contributed by atoms with Gasteiger partial charge in [-0.2, -0.15) is 0 Å². The first kappa shape index (κ1) is 23.7. The average Bonchev–Trinajstić information content (AvgIpc) is 2.73. The Morgan fingerprint density at radius 3 is 2.50 bits per heavy atom. The lowest BCUT2D eigenvalue weighted by Gasteiger charge is -2.13. The van der Waals surface area contributed by atoms with Crippen LogP contribution in [0.2, 0.25) is 5.02 Å². The molecule has 0 saturated carbocycles. The molecular formula is C21H23BrClN3O4. The van der Waals surface area contributed by atoms with Crippen molar-refractivity contribution in [1.82, 2.24) is 10.9 Å². The van der Waals surface area contributed by atoms with Crippen LogP contribution in [0.25, 0.3) is 0 Å². The van der Waals surface area contributed by atoms with Crippen LogP contribution in [0.15, 0.2) is 46.9 Å². The molecule has 160 valence electrons. The number of para-hydroxylation sites is 1. The smallest absolute Gasteiger partial charge is 0.273 e. The van der Waals surface area contributed by atoms with Gasteiger partial charge in [-0.1, -0.05) is 53.0 Å². The first-order valence-corrected chi connectivity index (χ1v) is 10.6. The van der Waals surface area contributed by atoms with Crippen molar-refractivity contribution in [2.45, 2.75) is 32.6 Å². The maximum Gasteiger partial charge on any atom is 0.273 e. The minimum Gasteiger partial charge on any atom is -0.493 e. The number of anilines is 1. The molecular weight excluding hydrogens is 474 g/mol. The van der Waals surface area contributed by atoms with Gasteiger partial charge in [0.2, 0.25) is 11.8 Å². The average molecular weight is 497 g/mol. The fourth-order valence-electron chi connectivity index (χ4n) is 2.39. The molecule has 9 heteroatoms. The largest absolute Gasteiger partial charge is 0.493 e. The summed E-state index contributed by atoms with van der Waals surface area (Å²) in [6, 6.07) is 11.9. The van der Waals surface area contributed by atoms with Crippen molar-refractivity contribution in [3.8, 4) is 5.75 Å². The minimum atomic E-state index is -0.517. The number of carbonyl (C=O) groups is 3. The summed E-state index contributed by atoms with van der Waals surface area (Å²) in [5.74, 6) is -0.946. The Balaban J connectivity index is 1.83. The maximum atomic E-state index is 12.5. The second kappa shape index (κ2) is 12.2. The lowest BCUT2D eigenvalue weighted by atomic mass is 10.2. The highest BCUT2D eigenvalue weighted by Gasteiger charge is 2.15. The monoisotopic (exact) mass is 495 g/mol. The summed E-state index contributed by atoms with van der Waals surface area (Å²) in [7, 11) is 0. The molecule has 0 unspecified atom stereocenters. The number of amides is 3. The zero-order valence-electron chi connectivity index (χ0n) is 16.5. The van der Waals surface area contributed by atoms with Gasteiger partial charge in [-0.3, -0.25) is 25.2 Å². The number of halogens is 2. The van der Waals surface area contributed by atoms with Gasteiger partial charge in [0.15, 0.2) is 0 Å². The second-order valence-electron chi connectivity index (χ2n) is 6.37. The standard InChI is InChI=1S/C21H23BrClN3O4/c1-2-3-12-30-18-9-8-14(22)13-15(18)21(29)26-25-20(28)11-10-19(27)24-17-7-5-4-6-16(17)23/h4-9,13H,2-3,10-12H2,1H3,(H,24,27)(H,25,28)(H,26,29). The van der Waals surface area contributed by atoms with E-state index in [-0.39, 0.29) is 24.3 Å². The van der Waals surface area contributed by atoms with E-state index in [9.17, 15) is 14.4 Å². The van der Waals surface area contributed by atoms with Gasteiger partial charge in [0, 0.05) is 17.3 Å². The number of carbonyl (C=O) groups excluding carboxylic acids is 3. The van der Waals surface area contributed by atoms with Gasteiger partial charge in [0.05, 0.1) is 22.9 Å². The van der Waals surface area contributed by atoms with Gasteiger partial charge >= 0.3 is 0 Å². The highest BCUT2D eigenvalue weighted by atomic mass is 79.9. The maximum absolute atomic E-state index is 12.5. The molecule has 0 aliphatic carbocycles. The Hall–Kier alpha value is -2.58. The second-order valence-corrected chi connectivity index (χ2v) is 7.70.